The van der Waals surface area contributed by atoms with Gasteiger partial charge in [0.1, 0.15) is 5.82 Å². The molecule has 17 heavy (non-hydrogen) atoms. The smallest absolute Gasteiger partial charge is 0.339 e. The normalized spacial score (nSPS) is 17.5. The summed E-state index contributed by atoms with van der Waals surface area (Å²) < 4.78 is 30.4. The maximum Gasteiger partial charge on any atom is 0.339 e. The molecule has 4 nitrogen and oxygen atoms in total. The summed E-state index contributed by atoms with van der Waals surface area (Å²) in [6, 6.07) is 1.50. The topological polar surface area (TPSA) is 42.4 Å². The number of rotatable bonds is 2. The Morgan fingerprint density at radius 2 is 2.24 bits per heavy atom. The molecule has 92 valence electrons. The molecule has 2 rings (SSSR count). The van der Waals surface area contributed by atoms with Gasteiger partial charge >= 0.3 is 5.97 Å². The average molecular weight is 307 g/mol. The van der Waals surface area contributed by atoms with Crippen molar-refractivity contribution in [2.75, 3.05) is 25.1 Å². The first-order valence-electron chi connectivity index (χ1n) is 4.79. The van der Waals surface area contributed by atoms with E-state index in [1.165, 1.54) is 24.3 Å². The monoisotopic (exact) mass is 306 g/mol. The zero-order valence-corrected chi connectivity index (χ0v) is 10.5. The largest absolute Gasteiger partial charge is 0.465 e. The predicted molar refractivity (Wildman–Crippen MR) is 60.4 cm³/mol. The summed E-state index contributed by atoms with van der Waals surface area (Å²) in [4.78, 5) is 16.6. The Kier molecular flexibility index (Phi) is 3.03. The number of hydrogen-bond acceptors (Lipinski definition) is 4. The van der Waals surface area contributed by atoms with Crippen LogP contribution in [0.3, 0.4) is 0 Å². The Morgan fingerprint density at radius 3 is 2.71 bits per heavy atom. The third-order valence-electron chi connectivity index (χ3n) is 2.39. The van der Waals surface area contributed by atoms with Crippen LogP contribution in [-0.2, 0) is 4.74 Å². The third-order valence-corrected chi connectivity index (χ3v) is 2.97. The Bertz CT molecular complexity index is 460. The Hall–Kier alpha value is -1.24. The molecule has 1 aromatic rings. The van der Waals surface area contributed by atoms with Gasteiger partial charge in [0.25, 0.3) is 5.92 Å². The van der Waals surface area contributed by atoms with Gasteiger partial charge in [0, 0.05) is 6.20 Å². The van der Waals surface area contributed by atoms with Gasteiger partial charge in [-0.2, -0.15) is 0 Å². The van der Waals surface area contributed by atoms with E-state index in [4.69, 9.17) is 0 Å². The van der Waals surface area contributed by atoms with E-state index >= 15 is 0 Å². The summed E-state index contributed by atoms with van der Waals surface area (Å²) in [7, 11) is 1.26. The van der Waals surface area contributed by atoms with Crippen LogP contribution in [0.5, 0.6) is 0 Å². The zero-order chi connectivity index (χ0) is 12.6. The standard InChI is InChI=1S/C10H9BrF2N2O2/c1-17-9(16)6-2-7(11)8(14-3-6)15-4-10(12,13)5-15/h2-3H,4-5H2,1H3. The number of alkyl halides is 2. The molecule has 7 heteroatoms. The number of hydrogen-bond donors (Lipinski definition) is 0. The molecule has 0 N–H and O–H groups in total. The molecule has 0 bridgehead atoms. The van der Waals surface area contributed by atoms with Crippen LogP contribution in [0.2, 0.25) is 0 Å². The Morgan fingerprint density at radius 1 is 1.59 bits per heavy atom. The maximum atomic E-state index is 12.7. The molecule has 0 unspecified atom stereocenters. The first-order chi connectivity index (χ1) is 7.93. The summed E-state index contributed by atoms with van der Waals surface area (Å²) in [6.45, 7) is -0.702. The zero-order valence-electron chi connectivity index (χ0n) is 8.91. The van der Waals surface area contributed by atoms with Crippen molar-refractivity contribution in [3.05, 3.63) is 22.3 Å². The van der Waals surface area contributed by atoms with Crippen LogP contribution in [0.4, 0.5) is 14.6 Å². The molecule has 0 amide bonds. The first kappa shape index (κ1) is 12.2. The van der Waals surface area contributed by atoms with E-state index < -0.39 is 11.9 Å². The van der Waals surface area contributed by atoms with Gasteiger partial charge < -0.3 is 9.64 Å². The molecule has 2 heterocycles. The highest BCUT2D eigenvalue weighted by Crippen LogP contribution is 2.34. The number of carbonyl (C=O) groups is 1. The molecule has 0 aliphatic carbocycles. The molecule has 0 aromatic carbocycles. The van der Waals surface area contributed by atoms with Crippen molar-refractivity contribution in [1.29, 1.82) is 0 Å². The lowest BCUT2D eigenvalue weighted by Crippen LogP contribution is -2.56. The minimum Gasteiger partial charge on any atom is -0.465 e. The van der Waals surface area contributed by atoms with Gasteiger partial charge in [-0.15, -0.1) is 0 Å². The lowest BCUT2D eigenvalue weighted by atomic mass is 10.1. The summed E-state index contributed by atoms with van der Waals surface area (Å²) in [5.41, 5.74) is 0.274. The second-order valence-electron chi connectivity index (χ2n) is 3.73. The lowest BCUT2D eigenvalue weighted by Gasteiger charge is -2.39. The predicted octanol–water partition coefficient (Wildman–Crippen LogP) is 2.09. The summed E-state index contributed by atoms with van der Waals surface area (Å²) in [6.07, 6.45) is 1.31. The van der Waals surface area contributed by atoms with Crippen molar-refractivity contribution in [2.45, 2.75) is 5.92 Å². The molecule has 0 radical (unpaired) electrons. The van der Waals surface area contributed by atoms with Crippen LogP contribution < -0.4 is 4.90 Å². The van der Waals surface area contributed by atoms with E-state index in [-0.39, 0.29) is 18.7 Å². The van der Waals surface area contributed by atoms with Gasteiger partial charge in [0.15, 0.2) is 0 Å². The Labute approximate surface area is 105 Å². The van der Waals surface area contributed by atoms with Crippen LogP contribution in [-0.4, -0.2) is 37.1 Å². The number of halogens is 3. The number of nitrogens with zero attached hydrogens (tertiary/aromatic N) is 2. The average Bonchev–Trinajstić information content (AvgIpc) is 2.24. The van der Waals surface area contributed by atoms with E-state index in [1.54, 1.807) is 0 Å². The molecule has 1 aromatic heterocycles. The van der Waals surface area contributed by atoms with Crippen molar-refractivity contribution >= 4 is 27.7 Å². The van der Waals surface area contributed by atoms with Crippen LogP contribution in [0, 0.1) is 0 Å². The molecule has 0 spiro atoms. The number of carbonyl (C=O) groups excluding carboxylic acids is 1. The summed E-state index contributed by atoms with van der Waals surface area (Å²) >= 11 is 3.20. The molecule has 1 saturated heterocycles. The number of methoxy groups -OCH3 is 1. The maximum absolute atomic E-state index is 12.7. The molecule has 1 fully saturated rings. The number of esters is 1. The second kappa shape index (κ2) is 4.21. The number of anilines is 1. The van der Waals surface area contributed by atoms with Crippen LogP contribution in [0.15, 0.2) is 16.7 Å². The van der Waals surface area contributed by atoms with Gasteiger partial charge in [-0.3, -0.25) is 0 Å². The molecule has 0 atom stereocenters. The quantitative estimate of drug-likeness (QED) is 0.785. The fraction of sp³-hybridized carbons (Fsp3) is 0.400. The fourth-order valence-electron chi connectivity index (χ4n) is 1.55. The fourth-order valence-corrected chi connectivity index (χ4v) is 2.15. The molecular weight excluding hydrogens is 298 g/mol. The van der Waals surface area contributed by atoms with Crippen molar-refractivity contribution in [2.24, 2.45) is 0 Å². The van der Waals surface area contributed by atoms with Crippen molar-refractivity contribution in [3.63, 3.8) is 0 Å². The third kappa shape index (κ3) is 2.38. The summed E-state index contributed by atoms with van der Waals surface area (Å²) in [5.74, 6) is -2.76. The minimum absolute atomic E-state index is 0.274. The van der Waals surface area contributed by atoms with E-state index in [1.807, 2.05) is 0 Å². The lowest BCUT2D eigenvalue weighted by molar-refractivity contribution is -0.0267. The van der Waals surface area contributed by atoms with Crippen LogP contribution in [0.25, 0.3) is 0 Å². The van der Waals surface area contributed by atoms with Gasteiger partial charge in [0.2, 0.25) is 0 Å². The number of aromatic nitrogens is 1. The van der Waals surface area contributed by atoms with Crippen molar-refractivity contribution in [3.8, 4) is 0 Å². The van der Waals surface area contributed by atoms with Gasteiger partial charge in [-0.25, -0.2) is 18.6 Å². The van der Waals surface area contributed by atoms with Crippen molar-refractivity contribution < 1.29 is 18.3 Å². The van der Waals surface area contributed by atoms with Gasteiger partial charge in [0.05, 0.1) is 30.2 Å². The highest BCUT2D eigenvalue weighted by atomic mass is 79.9. The molecular formula is C10H9BrF2N2O2. The Balaban J connectivity index is 2.19. The SMILES string of the molecule is COC(=O)c1cnc(N2CC(F)(F)C2)c(Br)c1. The molecule has 0 saturated carbocycles. The number of ether oxygens (including phenoxy) is 1. The van der Waals surface area contributed by atoms with E-state index in [0.29, 0.717) is 10.3 Å². The molecule has 1 aliphatic heterocycles. The van der Waals surface area contributed by atoms with Crippen LogP contribution >= 0.6 is 15.9 Å². The first-order valence-corrected chi connectivity index (χ1v) is 5.59. The summed E-state index contributed by atoms with van der Waals surface area (Å²) in [5, 5.41) is 0. The van der Waals surface area contributed by atoms with Crippen LogP contribution in [0.1, 0.15) is 10.4 Å². The van der Waals surface area contributed by atoms with E-state index in [9.17, 15) is 13.6 Å². The van der Waals surface area contributed by atoms with Gasteiger partial charge in [-0.05, 0) is 22.0 Å². The highest BCUT2D eigenvalue weighted by Gasteiger charge is 2.45. The molecule has 1 aliphatic rings. The van der Waals surface area contributed by atoms with E-state index in [2.05, 4.69) is 25.7 Å². The number of pyridine rings is 1. The van der Waals surface area contributed by atoms with Crippen molar-refractivity contribution in [1.82, 2.24) is 4.98 Å². The second-order valence-corrected chi connectivity index (χ2v) is 4.59. The van der Waals surface area contributed by atoms with E-state index in [0.717, 1.165) is 0 Å². The highest BCUT2D eigenvalue weighted by molar-refractivity contribution is 9.10. The van der Waals surface area contributed by atoms with Gasteiger partial charge in [-0.1, -0.05) is 0 Å². The minimum atomic E-state index is -2.65.